The third-order valence-electron chi connectivity index (χ3n) is 3.53. The molecule has 0 bridgehead atoms. The highest BCUT2D eigenvalue weighted by molar-refractivity contribution is 7.91. The second-order valence-electron chi connectivity index (χ2n) is 5.35. The van der Waals surface area contributed by atoms with E-state index in [1.807, 2.05) is 31.2 Å². The normalized spacial score (nSPS) is 19.8. The Balaban J connectivity index is 1.72. The first-order chi connectivity index (χ1) is 10.5. The van der Waals surface area contributed by atoms with E-state index in [0.29, 0.717) is 18.2 Å². The zero-order valence-corrected chi connectivity index (χ0v) is 13.0. The van der Waals surface area contributed by atoms with E-state index in [0.717, 1.165) is 11.3 Å². The molecular weight excluding hydrogens is 302 g/mol. The van der Waals surface area contributed by atoms with Gasteiger partial charge in [-0.05, 0) is 25.0 Å². The van der Waals surface area contributed by atoms with E-state index in [1.165, 1.54) is 6.20 Å². The molecule has 2 aromatic rings. The Morgan fingerprint density at radius 3 is 2.82 bits per heavy atom. The summed E-state index contributed by atoms with van der Waals surface area (Å²) in [5, 5.41) is 14.1. The molecule has 1 aliphatic rings. The molecule has 1 aliphatic heterocycles. The van der Waals surface area contributed by atoms with Gasteiger partial charge in [-0.3, -0.25) is 0 Å². The molecule has 3 rings (SSSR count). The molecule has 0 radical (unpaired) electrons. The molecule has 1 fully saturated rings. The van der Waals surface area contributed by atoms with Gasteiger partial charge in [-0.1, -0.05) is 18.2 Å². The van der Waals surface area contributed by atoms with Crippen molar-refractivity contribution in [2.24, 2.45) is 0 Å². The summed E-state index contributed by atoms with van der Waals surface area (Å²) in [5.41, 5.74) is 1.98. The first-order valence-corrected chi connectivity index (χ1v) is 8.83. The lowest BCUT2D eigenvalue weighted by atomic mass is 10.2. The third kappa shape index (κ3) is 3.51. The summed E-state index contributed by atoms with van der Waals surface area (Å²) in [4.78, 5) is 4.33. The number of nitrogens with one attached hydrogen (secondary N) is 2. The molecule has 22 heavy (non-hydrogen) atoms. The Morgan fingerprint density at radius 2 is 2.09 bits per heavy atom. The number of hydrogen-bond acceptors (Lipinski definition) is 7. The minimum absolute atomic E-state index is 0.118. The maximum atomic E-state index is 11.5. The van der Waals surface area contributed by atoms with Gasteiger partial charge in [0.25, 0.3) is 0 Å². The Kier molecular flexibility index (Phi) is 3.93. The maximum Gasteiger partial charge on any atom is 0.249 e. The van der Waals surface area contributed by atoms with Crippen molar-refractivity contribution >= 4 is 27.3 Å². The lowest BCUT2D eigenvalue weighted by molar-refractivity contribution is 0.602. The quantitative estimate of drug-likeness (QED) is 0.882. The van der Waals surface area contributed by atoms with Gasteiger partial charge in [0.2, 0.25) is 5.95 Å². The largest absolute Gasteiger partial charge is 0.365 e. The molecule has 7 nitrogen and oxygen atoms in total. The molecule has 1 unspecified atom stereocenters. The monoisotopic (exact) mass is 319 g/mol. The van der Waals surface area contributed by atoms with Crippen molar-refractivity contribution in [1.82, 2.24) is 15.2 Å². The first-order valence-electron chi connectivity index (χ1n) is 7.01. The predicted molar refractivity (Wildman–Crippen MR) is 85.0 cm³/mol. The summed E-state index contributed by atoms with van der Waals surface area (Å²) >= 11 is 0. The number of aryl methyl sites for hydroxylation is 1. The molecule has 0 amide bonds. The highest BCUT2D eigenvalue weighted by Crippen LogP contribution is 2.19. The molecule has 116 valence electrons. The van der Waals surface area contributed by atoms with Crippen LogP contribution in [0.4, 0.5) is 17.5 Å². The highest BCUT2D eigenvalue weighted by atomic mass is 32.2. The van der Waals surface area contributed by atoms with Crippen LogP contribution in [0.15, 0.2) is 30.5 Å². The fourth-order valence-electron chi connectivity index (χ4n) is 2.38. The van der Waals surface area contributed by atoms with E-state index >= 15 is 0 Å². The van der Waals surface area contributed by atoms with Crippen molar-refractivity contribution in [2.45, 2.75) is 19.4 Å². The van der Waals surface area contributed by atoms with Crippen LogP contribution in [0, 0.1) is 6.92 Å². The van der Waals surface area contributed by atoms with Gasteiger partial charge >= 0.3 is 0 Å². The molecule has 1 saturated heterocycles. The number of sulfone groups is 1. The van der Waals surface area contributed by atoms with E-state index in [9.17, 15) is 8.42 Å². The Labute approximate surface area is 129 Å². The van der Waals surface area contributed by atoms with E-state index in [-0.39, 0.29) is 17.5 Å². The van der Waals surface area contributed by atoms with Crippen LogP contribution in [0.5, 0.6) is 0 Å². The van der Waals surface area contributed by atoms with E-state index in [1.54, 1.807) is 0 Å². The topological polar surface area (TPSA) is 96.9 Å². The standard InChI is InChI=1S/C14H17N5O2S/c1-10-4-2-3-5-12(10)17-14-18-13(8-15-19-14)16-11-6-7-22(20,21)9-11/h2-5,8,11H,6-7,9H2,1H3,(H2,16,17,18,19). The van der Waals surface area contributed by atoms with Gasteiger partial charge < -0.3 is 10.6 Å². The SMILES string of the molecule is Cc1ccccc1Nc1nncc(NC2CCS(=O)(=O)C2)n1. The van der Waals surface area contributed by atoms with Crippen molar-refractivity contribution in [3.8, 4) is 0 Å². The molecule has 1 aromatic carbocycles. The minimum atomic E-state index is -2.92. The smallest absolute Gasteiger partial charge is 0.249 e. The van der Waals surface area contributed by atoms with Gasteiger partial charge in [-0.2, -0.15) is 10.1 Å². The summed E-state index contributed by atoms with van der Waals surface area (Å²) in [5.74, 6) is 1.25. The van der Waals surface area contributed by atoms with E-state index in [2.05, 4.69) is 25.8 Å². The van der Waals surface area contributed by atoms with Crippen LogP contribution in [-0.2, 0) is 9.84 Å². The van der Waals surface area contributed by atoms with Gasteiger partial charge in [-0.25, -0.2) is 8.42 Å². The lowest BCUT2D eigenvalue weighted by Crippen LogP contribution is -2.21. The van der Waals surface area contributed by atoms with E-state index < -0.39 is 9.84 Å². The Bertz CT molecular complexity index is 778. The zero-order valence-electron chi connectivity index (χ0n) is 12.2. The molecule has 2 N–H and O–H groups in total. The number of hydrogen-bond donors (Lipinski definition) is 2. The van der Waals surface area contributed by atoms with Crippen molar-refractivity contribution < 1.29 is 8.42 Å². The van der Waals surface area contributed by atoms with Crippen LogP contribution >= 0.6 is 0 Å². The van der Waals surface area contributed by atoms with Crippen LogP contribution in [-0.4, -0.2) is 41.1 Å². The number of rotatable bonds is 4. The molecule has 0 spiro atoms. The van der Waals surface area contributed by atoms with Crippen molar-refractivity contribution in [3.63, 3.8) is 0 Å². The van der Waals surface area contributed by atoms with Gasteiger partial charge in [-0.15, -0.1) is 5.10 Å². The minimum Gasteiger partial charge on any atom is -0.365 e. The Morgan fingerprint density at radius 1 is 1.27 bits per heavy atom. The van der Waals surface area contributed by atoms with Crippen molar-refractivity contribution in [1.29, 1.82) is 0 Å². The summed E-state index contributed by atoms with van der Waals surface area (Å²) in [7, 11) is -2.92. The number of nitrogens with zero attached hydrogens (tertiary/aromatic N) is 3. The molecule has 1 aromatic heterocycles. The van der Waals surface area contributed by atoms with Crippen LogP contribution in [0.2, 0.25) is 0 Å². The molecular formula is C14H17N5O2S. The van der Waals surface area contributed by atoms with E-state index in [4.69, 9.17) is 0 Å². The second-order valence-corrected chi connectivity index (χ2v) is 7.58. The van der Waals surface area contributed by atoms with Crippen LogP contribution in [0.1, 0.15) is 12.0 Å². The number of benzene rings is 1. The van der Waals surface area contributed by atoms with Gasteiger partial charge in [0.1, 0.15) is 0 Å². The summed E-state index contributed by atoms with van der Waals surface area (Å²) < 4.78 is 23.0. The van der Waals surface area contributed by atoms with Crippen LogP contribution in [0.3, 0.4) is 0 Å². The third-order valence-corrected chi connectivity index (χ3v) is 5.30. The average molecular weight is 319 g/mol. The van der Waals surface area contributed by atoms with Crippen LogP contribution in [0.25, 0.3) is 0 Å². The van der Waals surface area contributed by atoms with Gasteiger partial charge in [0.15, 0.2) is 15.7 Å². The summed E-state index contributed by atoms with van der Waals surface area (Å²) in [6, 6.07) is 7.68. The molecule has 0 aliphatic carbocycles. The van der Waals surface area contributed by atoms with Gasteiger partial charge in [0, 0.05) is 11.7 Å². The lowest BCUT2D eigenvalue weighted by Gasteiger charge is -2.12. The summed E-state index contributed by atoms with van der Waals surface area (Å²) in [6.45, 7) is 1.99. The fourth-order valence-corrected chi connectivity index (χ4v) is 4.05. The molecule has 8 heteroatoms. The maximum absolute atomic E-state index is 11.5. The molecule has 1 atom stereocenters. The van der Waals surface area contributed by atoms with Crippen molar-refractivity contribution in [2.75, 3.05) is 22.1 Å². The fraction of sp³-hybridized carbons (Fsp3) is 0.357. The summed E-state index contributed by atoms with van der Waals surface area (Å²) in [6.07, 6.45) is 2.08. The zero-order chi connectivity index (χ0) is 15.6. The molecule has 0 saturated carbocycles. The average Bonchev–Trinajstić information content (AvgIpc) is 2.81. The highest BCUT2D eigenvalue weighted by Gasteiger charge is 2.28. The van der Waals surface area contributed by atoms with Crippen molar-refractivity contribution in [3.05, 3.63) is 36.0 Å². The van der Waals surface area contributed by atoms with Crippen LogP contribution < -0.4 is 10.6 Å². The molecule has 2 heterocycles. The first kappa shape index (κ1) is 14.7. The van der Waals surface area contributed by atoms with Gasteiger partial charge in [0.05, 0.1) is 17.7 Å². The predicted octanol–water partition coefficient (Wildman–Crippen LogP) is 1.52. The number of aromatic nitrogens is 3. The number of para-hydroxylation sites is 1. The second kappa shape index (κ2) is 5.88. The Hall–Kier alpha value is -2.22. The number of anilines is 3.